The normalized spacial score (nSPS) is 11.8. The number of aliphatic imine (C=N–C) groups is 1. The number of para-hydroxylation sites is 1. The van der Waals surface area contributed by atoms with Crippen molar-refractivity contribution in [2.45, 2.75) is 19.9 Å². The van der Waals surface area contributed by atoms with Gasteiger partial charge in [0.15, 0.2) is 5.96 Å². The van der Waals surface area contributed by atoms with Gasteiger partial charge in [-0.2, -0.15) is 0 Å². The monoisotopic (exact) mass is 307 g/mol. The molecule has 2 aromatic carbocycles. The fourth-order valence-electron chi connectivity index (χ4n) is 2.57. The van der Waals surface area contributed by atoms with Gasteiger partial charge in [-0.3, -0.25) is 0 Å². The van der Waals surface area contributed by atoms with Crippen LogP contribution in [0.15, 0.2) is 64.0 Å². The number of rotatable bonds is 5. The molecule has 0 aliphatic heterocycles. The fraction of sp³-hybridized carbons (Fsp3) is 0.211. The van der Waals surface area contributed by atoms with Gasteiger partial charge in [-0.1, -0.05) is 48.5 Å². The first-order valence-electron chi connectivity index (χ1n) is 7.79. The predicted octanol–water partition coefficient (Wildman–Crippen LogP) is 3.39. The zero-order chi connectivity index (χ0) is 16.1. The summed E-state index contributed by atoms with van der Waals surface area (Å²) in [6.07, 6.45) is 0.917. The zero-order valence-electron chi connectivity index (χ0n) is 13.3. The van der Waals surface area contributed by atoms with E-state index in [0.29, 0.717) is 12.5 Å². The van der Waals surface area contributed by atoms with Crippen LogP contribution < -0.4 is 11.1 Å². The number of hydrogen-bond acceptors (Lipinski definition) is 2. The number of fused-ring (bicyclic) bond motifs is 1. The first-order valence-corrected chi connectivity index (χ1v) is 7.79. The minimum absolute atomic E-state index is 0.445. The Hall–Kier alpha value is -2.75. The minimum Gasteiger partial charge on any atom is -0.459 e. The Morgan fingerprint density at radius 2 is 1.83 bits per heavy atom. The molecule has 0 spiro atoms. The summed E-state index contributed by atoms with van der Waals surface area (Å²) in [6, 6.07) is 18.3. The van der Waals surface area contributed by atoms with E-state index in [9.17, 15) is 0 Å². The van der Waals surface area contributed by atoms with Gasteiger partial charge in [0.05, 0.1) is 0 Å². The molecule has 0 aliphatic carbocycles. The lowest BCUT2D eigenvalue weighted by Crippen LogP contribution is -2.33. The molecule has 118 valence electrons. The van der Waals surface area contributed by atoms with Crippen molar-refractivity contribution in [3.8, 4) is 0 Å². The van der Waals surface area contributed by atoms with E-state index in [4.69, 9.17) is 10.2 Å². The number of benzene rings is 2. The van der Waals surface area contributed by atoms with E-state index < -0.39 is 0 Å². The van der Waals surface area contributed by atoms with Crippen molar-refractivity contribution in [1.29, 1.82) is 0 Å². The molecule has 3 N–H and O–H groups in total. The lowest BCUT2D eigenvalue weighted by molar-refractivity contribution is 0.548. The van der Waals surface area contributed by atoms with Gasteiger partial charge in [-0.25, -0.2) is 4.99 Å². The van der Waals surface area contributed by atoms with E-state index in [2.05, 4.69) is 35.4 Å². The minimum atomic E-state index is 0.445. The summed E-state index contributed by atoms with van der Waals surface area (Å²) in [7, 11) is 0. The summed E-state index contributed by atoms with van der Waals surface area (Å²) in [5.74, 6) is 1.31. The van der Waals surface area contributed by atoms with Crippen molar-refractivity contribution >= 4 is 16.9 Å². The number of nitrogens with one attached hydrogen (secondary N) is 1. The number of hydrogen-bond donors (Lipinski definition) is 2. The maximum Gasteiger partial charge on any atom is 0.189 e. The molecule has 4 heteroatoms. The lowest BCUT2D eigenvalue weighted by Gasteiger charge is -2.05. The van der Waals surface area contributed by atoms with Gasteiger partial charge < -0.3 is 15.5 Å². The van der Waals surface area contributed by atoms with Crippen molar-refractivity contribution in [3.63, 3.8) is 0 Å². The molecular formula is C19H21N3O. The average molecular weight is 307 g/mol. The lowest BCUT2D eigenvalue weighted by atomic mass is 10.1. The summed E-state index contributed by atoms with van der Waals surface area (Å²) < 4.78 is 5.83. The average Bonchev–Trinajstić information content (AvgIpc) is 2.90. The molecule has 0 unspecified atom stereocenters. The summed E-state index contributed by atoms with van der Waals surface area (Å²) >= 11 is 0. The molecule has 3 aromatic rings. The van der Waals surface area contributed by atoms with Crippen molar-refractivity contribution in [3.05, 3.63) is 71.5 Å². The molecular weight excluding hydrogens is 286 g/mol. The van der Waals surface area contributed by atoms with E-state index in [1.165, 1.54) is 5.56 Å². The summed E-state index contributed by atoms with van der Waals surface area (Å²) in [5.41, 5.74) is 9.23. The predicted molar refractivity (Wildman–Crippen MR) is 94.4 cm³/mol. The molecule has 1 aromatic heterocycles. The highest BCUT2D eigenvalue weighted by atomic mass is 16.3. The smallest absolute Gasteiger partial charge is 0.189 e. The van der Waals surface area contributed by atoms with Crippen LogP contribution in [0.2, 0.25) is 0 Å². The third kappa shape index (κ3) is 3.72. The maximum atomic E-state index is 5.93. The molecule has 4 nitrogen and oxygen atoms in total. The number of nitrogens with zero attached hydrogens (tertiary/aromatic N) is 1. The molecule has 0 bridgehead atoms. The molecule has 0 amide bonds. The van der Waals surface area contributed by atoms with Crippen LogP contribution in [-0.2, 0) is 13.0 Å². The second kappa shape index (κ2) is 7.01. The van der Waals surface area contributed by atoms with Crippen LogP contribution in [-0.4, -0.2) is 12.5 Å². The summed E-state index contributed by atoms with van der Waals surface area (Å²) in [5, 5.41) is 4.27. The first kappa shape index (κ1) is 15.2. The number of nitrogens with two attached hydrogens (primary N) is 1. The zero-order valence-corrected chi connectivity index (χ0v) is 13.3. The summed E-state index contributed by atoms with van der Waals surface area (Å²) in [4.78, 5) is 4.37. The molecule has 0 saturated carbocycles. The Morgan fingerprint density at radius 3 is 2.61 bits per heavy atom. The van der Waals surface area contributed by atoms with Crippen LogP contribution in [0, 0.1) is 6.92 Å². The highest BCUT2D eigenvalue weighted by Gasteiger charge is 2.09. The third-order valence-corrected chi connectivity index (χ3v) is 3.90. The molecule has 1 heterocycles. The van der Waals surface area contributed by atoms with Gasteiger partial charge in [0, 0.05) is 17.5 Å². The van der Waals surface area contributed by atoms with E-state index in [1.54, 1.807) is 0 Å². The van der Waals surface area contributed by atoms with E-state index in [0.717, 1.165) is 35.3 Å². The van der Waals surface area contributed by atoms with Crippen molar-refractivity contribution in [1.82, 2.24) is 5.32 Å². The second-order valence-corrected chi connectivity index (χ2v) is 5.51. The second-order valence-electron chi connectivity index (χ2n) is 5.51. The van der Waals surface area contributed by atoms with Gasteiger partial charge in [-0.05, 0) is 25.0 Å². The van der Waals surface area contributed by atoms with E-state index in [1.807, 2.05) is 36.4 Å². The molecule has 0 atom stereocenters. The Labute approximate surface area is 136 Å². The Morgan fingerprint density at radius 1 is 1.09 bits per heavy atom. The van der Waals surface area contributed by atoms with Crippen molar-refractivity contribution in [2.24, 2.45) is 10.7 Å². The number of guanidine groups is 1. The molecule has 3 rings (SSSR count). The van der Waals surface area contributed by atoms with Gasteiger partial charge in [0.2, 0.25) is 0 Å². The topological polar surface area (TPSA) is 63.5 Å². The third-order valence-electron chi connectivity index (χ3n) is 3.90. The number of furan rings is 1. The molecule has 23 heavy (non-hydrogen) atoms. The van der Waals surface area contributed by atoms with E-state index >= 15 is 0 Å². The van der Waals surface area contributed by atoms with Gasteiger partial charge >= 0.3 is 0 Å². The Balaban J connectivity index is 1.57. The quantitative estimate of drug-likeness (QED) is 0.561. The van der Waals surface area contributed by atoms with Crippen LogP contribution in [0.3, 0.4) is 0 Å². The highest BCUT2D eigenvalue weighted by Crippen LogP contribution is 2.25. The molecule has 0 fully saturated rings. The van der Waals surface area contributed by atoms with Crippen molar-refractivity contribution < 1.29 is 4.42 Å². The molecule has 0 radical (unpaired) electrons. The van der Waals surface area contributed by atoms with E-state index in [-0.39, 0.29) is 0 Å². The van der Waals surface area contributed by atoms with Gasteiger partial charge in [0.1, 0.15) is 17.9 Å². The standard InChI is InChI=1S/C19H21N3O/c1-14-16-9-5-6-10-17(16)23-18(14)13-22-19(20)21-12-11-15-7-3-2-4-8-15/h2-10H,11-13H2,1H3,(H3,20,21,22). The largest absolute Gasteiger partial charge is 0.459 e. The van der Waals surface area contributed by atoms with Crippen molar-refractivity contribution in [2.75, 3.05) is 6.54 Å². The van der Waals surface area contributed by atoms with Gasteiger partial charge in [0.25, 0.3) is 0 Å². The highest BCUT2D eigenvalue weighted by molar-refractivity contribution is 5.82. The first-order chi connectivity index (χ1) is 11.2. The molecule has 0 saturated heterocycles. The van der Waals surface area contributed by atoms with Crippen LogP contribution >= 0.6 is 0 Å². The SMILES string of the molecule is Cc1c(CN=C(N)NCCc2ccccc2)oc2ccccc12. The summed E-state index contributed by atoms with van der Waals surface area (Å²) in [6.45, 7) is 3.26. The number of aryl methyl sites for hydroxylation is 1. The Kier molecular flexibility index (Phi) is 4.62. The van der Waals surface area contributed by atoms with Crippen LogP contribution in [0.4, 0.5) is 0 Å². The van der Waals surface area contributed by atoms with Gasteiger partial charge in [-0.15, -0.1) is 0 Å². The fourth-order valence-corrected chi connectivity index (χ4v) is 2.57. The maximum absolute atomic E-state index is 5.93. The van der Waals surface area contributed by atoms with Crippen LogP contribution in [0.25, 0.3) is 11.0 Å². The van der Waals surface area contributed by atoms with Crippen LogP contribution in [0.1, 0.15) is 16.9 Å². The van der Waals surface area contributed by atoms with Crippen LogP contribution in [0.5, 0.6) is 0 Å². The molecule has 0 aliphatic rings. The Bertz CT molecular complexity index is 806.